The second-order valence-electron chi connectivity index (χ2n) is 7.14. The van der Waals surface area contributed by atoms with Gasteiger partial charge in [-0.05, 0) is 5.56 Å². The first kappa shape index (κ1) is 22.2. The number of carbonyl (C=O) groups excluding carboxylic acids is 1. The van der Waals surface area contributed by atoms with Crippen LogP contribution in [0.15, 0.2) is 44.3 Å². The highest BCUT2D eigenvalue weighted by Gasteiger charge is 2.23. The highest BCUT2D eigenvalue weighted by atomic mass is 32.2. The molecule has 0 spiro atoms. The normalized spacial score (nSPS) is 14.0. The lowest BCUT2D eigenvalue weighted by Gasteiger charge is -2.25. The fourth-order valence-corrected chi connectivity index (χ4v) is 5.07. The van der Waals surface area contributed by atoms with Crippen LogP contribution in [0.1, 0.15) is 15.9 Å². The fourth-order valence-electron chi connectivity index (χ4n) is 3.31. The van der Waals surface area contributed by atoms with E-state index in [0.29, 0.717) is 17.6 Å². The molecular formula is C20H22N6O4S2. The molecule has 0 unspecified atom stereocenters. The number of carbonyl (C=O) groups is 1. The number of ketones is 1. The summed E-state index contributed by atoms with van der Waals surface area (Å²) < 4.78 is 8.12. The van der Waals surface area contributed by atoms with E-state index in [-0.39, 0.29) is 23.7 Å². The van der Waals surface area contributed by atoms with Gasteiger partial charge in [0.15, 0.2) is 10.1 Å². The molecule has 0 radical (unpaired) electrons. The van der Waals surface area contributed by atoms with Crippen molar-refractivity contribution in [3.05, 3.63) is 62.3 Å². The molecule has 168 valence electrons. The van der Waals surface area contributed by atoms with Gasteiger partial charge in [0.2, 0.25) is 5.13 Å². The van der Waals surface area contributed by atoms with Gasteiger partial charge in [0.1, 0.15) is 11.4 Å². The predicted octanol–water partition coefficient (Wildman–Crippen LogP) is 0.841. The maximum atomic E-state index is 12.9. The number of hydrogen-bond acceptors (Lipinski definition) is 10. The average molecular weight is 475 g/mol. The molecule has 1 aromatic carbocycles. The van der Waals surface area contributed by atoms with E-state index >= 15 is 0 Å². The Bertz CT molecular complexity index is 1230. The molecule has 10 nitrogen and oxygen atoms in total. The Balaban J connectivity index is 1.54. The molecule has 0 atom stereocenters. The van der Waals surface area contributed by atoms with E-state index in [9.17, 15) is 14.4 Å². The van der Waals surface area contributed by atoms with E-state index < -0.39 is 17.0 Å². The number of nitrogens with zero attached hydrogens (tertiary/aromatic N) is 5. The monoisotopic (exact) mass is 474 g/mol. The Morgan fingerprint density at radius 3 is 2.62 bits per heavy atom. The minimum Gasteiger partial charge on any atom is -0.384 e. The van der Waals surface area contributed by atoms with E-state index in [1.807, 2.05) is 30.3 Å². The lowest BCUT2D eigenvalue weighted by molar-refractivity contribution is 0.102. The number of nitrogen functional groups attached to an aromatic ring is 1. The third-order valence-corrected chi connectivity index (χ3v) is 7.17. The van der Waals surface area contributed by atoms with Crippen LogP contribution in [0.4, 0.5) is 10.9 Å². The fraction of sp³-hybridized carbons (Fsp3) is 0.350. The zero-order chi connectivity index (χ0) is 22.7. The molecule has 3 aromatic rings. The van der Waals surface area contributed by atoms with Crippen molar-refractivity contribution in [2.45, 2.75) is 10.9 Å². The van der Waals surface area contributed by atoms with Crippen molar-refractivity contribution in [2.24, 2.45) is 7.05 Å². The highest BCUT2D eigenvalue weighted by Crippen LogP contribution is 2.29. The first-order valence-electron chi connectivity index (χ1n) is 9.91. The number of ether oxygens (including phenoxy) is 1. The number of hydrogen-bond donors (Lipinski definition) is 1. The van der Waals surface area contributed by atoms with Crippen LogP contribution in [-0.4, -0.2) is 57.2 Å². The third kappa shape index (κ3) is 4.61. The number of anilines is 2. The van der Waals surface area contributed by atoms with Crippen LogP contribution in [0.5, 0.6) is 0 Å². The van der Waals surface area contributed by atoms with Crippen LogP contribution in [0.25, 0.3) is 0 Å². The maximum Gasteiger partial charge on any atom is 0.332 e. The third-order valence-electron chi connectivity index (χ3n) is 5.05. The summed E-state index contributed by atoms with van der Waals surface area (Å²) in [5.74, 6) is -0.627. The van der Waals surface area contributed by atoms with Crippen molar-refractivity contribution < 1.29 is 9.53 Å². The number of nitrogens with two attached hydrogens (primary N) is 1. The SMILES string of the molecule is Cn1c(=O)c(C(=O)CSc2nnc(N3CCOCC3)s2)c(N)n(Cc2ccccc2)c1=O. The quantitative estimate of drug-likeness (QED) is 0.392. The van der Waals surface area contributed by atoms with Crippen molar-refractivity contribution in [1.82, 2.24) is 19.3 Å². The van der Waals surface area contributed by atoms with Gasteiger partial charge in [0, 0.05) is 20.1 Å². The summed E-state index contributed by atoms with van der Waals surface area (Å²) in [6.45, 7) is 2.93. The van der Waals surface area contributed by atoms with Crippen molar-refractivity contribution >= 4 is 39.8 Å². The summed E-state index contributed by atoms with van der Waals surface area (Å²) in [4.78, 5) is 40.3. The summed E-state index contributed by atoms with van der Waals surface area (Å²) in [5.41, 5.74) is 5.52. The maximum absolute atomic E-state index is 12.9. The standard InChI is InChI=1S/C20H22N6O4S2/c1-24-17(28)15(16(21)26(20(24)29)11-13-5-3-2-4-6-13)14(27)12-31-19-23-22-18(32-19)25-7-9-30-10-8-25/h2-6H,7-12,21H2,1H3. The summed E-state index contributed by atoms with van der Waals surface area (Å²) in [6, 6.07) is 9.23. The molecule has 0 bridgehead atoms. The number of morpholine rings is 1. The van der Waals surface area contributed by atoms with Gasteiger partial charge in [0.25, 0.3) is 5.56 Å². The topological polar surface area (TPSA) is 125 Å². The van der Waals surface area contributed by atoms with E-state index in [0.717, 1.165) is 28.4 Å². The molecule has 1 fully saturated rings. The molecule has 2 aromatic heterocycles. The van der Waals surface area contributed by atoms with Crippen molar-refractivity contribution in [3.63, 3.8) is 0 Å². The molecule has 4 rings (SSSR count). The van der Waals surface area contributed by atoms with E-state index in [4.69, 9.17) is 10.5 Å². The first-order valence-corrected chi connectivity index (χ1v) is 11.7. The Morgan fingerprint density at radius 1 is 1.19 bits per heavy atom. The van der Waals surface area contributed by atoms with E-state index in [2.05, 4.69) is 15.1 Å². The molecule has 1 aliphatic heterocycles. The van der Waals surface area contributed by atoms with Gasteiger partial charge in [0.05, 0.1) is 25.5 Å². The zero-order valence-corrected chi connectivity index (χ0v) is 19.0. The van der Waals surface area contributed by atoms with Crippen molar-refractivity contribution in [3.8, 4) is 0 Å². The minimum absolute atomic E-state index is 0.0409. The molecule has 1 saturated heterocycles. The van der Waals surface area contributed by atoms with Crippen LogP contribution in [0.2, 0.25) is 0 Å². The largest absolute Gasteiger partial charge is 0.384 e. The molecule has 32 heavy (non-hydrogen) atoms. The van der Waals surface area contributed by atoms with Gasteiger partial charge in [-0.2, -0.15) is 0 Å². The molecule has 0 saturated carbocycles. The van der Waals surface area contributed by atoms with Gasteiger partial charge in [-0.25, -0.2) is 4.79 Å². The molecule has 1 aliphatic rings. The molecule has 0 aliphatic carbocycles. The summed E-state index contributed by atoms with van der Waals surface area (Å²) in [7, 11) is 1.34. The van der Waals surface area contributed by atoms with Gasteiger partial charge < -0.3 is 15.4 Å². The minimum atomic E-state index is -0.700. The molecule has 2 N–H and O–H groups in total. The van der Waals surface area contributed by atoms with Crippen LogP contribution in [0.3, 0.4) is 0 Å². The predicted molar refractivity (Wildman–Crippen MR) is 124 cm³/mol. The van der Waals surface area contributed by atoms with Gasteiger partial charge in [-0.1, -0.05) is 53.4 Å². The van der Waals surface area contributed by atoms with E-state index in [1.165, 1.54) is 34.7 Å². The van der Waals surface area contributed by atoms with Gasteiger partial charge in [-0.3, -0.25) is 18.7 Å². The second-order valence-corrected chi connectivity index (χ2v) is 9.32. The Hall–Kier alpha value is -2.96. The second kappa shape index (κ2) is 9.67. The summed E-state index contributed by atoms with van der Waals surface area (Å²) >= 11 is 2.58. The lowest BCUT2D eigenvalue weighted by atomic mass is 10.2. The number of Topliss-reactive ketones (excluding diaryl/α,β-unsaturated/α-hetero) is 1. The van der Waals surface area contributed by atoms with Crippen LogP contribution < -0.4 is 21.9 Å². The molecule has 12 heteroatoms. The Kier molecular flexibility index (Phi) is 6.72. The number of rotatable bonds is 7. The van der Waals surface area contributed by atoms with Crippen molar-refractivity contribution in [1.29, 1.82) is 0 Å². The molecule has 0 amide bonds. The van der Waals surface area contributed by atoms with Gasteiger partial charge >= 0.3 is 5.69 Å². The number of thioether (sulfide) groups is 1. The van der Waals surface area contributed by atoms with Crippen LogP contribution >= 0.6 is 23.1 Å². The number of aromatic nitrogens is 4. The molecular weight excluding hydrogens is 452 g/mol. The highest BCUT2D eigenvalue weighted by molar-refractivity contribution is 8.01. The summed E-state index contributed by atoms with van der Waals surface area (Å²) in [5, 5.41) is 9.09. The lowest BCUT2D eigenvalue weighted by Crippen LogP contribution is -2.43. The van der Waals surface area contributed by atoms with Gasteiger partial charge in [-0.15, -0.1) is 10.2 Å². The number of benzene rings is 1. The summed E-state index contributed by atoms with van der Waals surface area (Å²) in [6.07, 6.45) is 0. The average Bonchev–Trinajstić information content (AvgIpc) is 3.30. The van der Waals surface area contributed by atoms with Crippen molar-refractivity contribution in [2.75, 3.05) is 42.7 Å². The van der Waals surface area contributed by atoms with Crippen LogP contribution in [0, 0.1) is 0 Å². The Labute approximate surface area is 191 Å². The smallest absolute Gasteiger partial charge is 0.332 e. The van der Waals surface area contributed by atoms with E-state index in [1.54, 1.807) is 0 Å². The first-order chi connectivity index (χ1) is 15.5. The Morgan fingerprint density at radius 2 is 1.91 bits per heavy atom. The molecule has 3 heterocycles. The van der Waals surface area contributed by atoms with Crippen LogP contribution in [-0.2, 0) is 18.3 Å². The zero-order valence-electron chi connectivity index (χ0n) is 17.4.